The lowest BCUT2D eigenvalue weighted by molar-refractivity contribution is 0.102. The average molecular weight is 394 g/mol. The van der Waals surface area contributed by atoms with Crippen molar-refractivity contribution in [2.75, 3.05) is 23.3 Å². The number of nitrogens with zero attached hydrogens (tertiary/aromatic N) is 3. The second-order valence-electron chi connectivity index (χ2n) is 6.79. The van der Waals surface area contributed by atoms with Crippen LogP contribution < -0.4 is 10.2 Å². The summed E-state index contributed by atoms with van der Waals surface area (Å²) in [5, 5.41) is 10.4. The summed E-state index contributed by atoms with van der Waals surface area (Å²) < 4.78 is 0. The molecule has 1 saturated heterocycles. The number of hydrogen-bond donors (Lipinski definition) is 2. The summed E-state index contributed by atoms with van der Waals surface area (Å²) in [6.45, 7) is 2.23. The van der Waals surface area contributed by atoms with E-state index in [0.717, 1.165) is 29.5 Å². The SMILES string of the molecule is O=C(Nc1ccc(N2CCCCC2)cc1)c1ccccc1CSc1ncn[nH]1. The lowest BCUT2D eigenvalue weighted by Gasteiger charge is -2.28. The van der Waals surface area contributed by atoms with Crippen molar-refractivity contribution in [1.82, 2.24) is 15.2 Å². The number of piperidine rings is 1. The fourth-order valence-electron chi connectivity index (χ4n) is 3.38. The van der Waals surface area contributed by atoms with Crippen LogP contribution in [-0.2, 0) is 5.75 Å². The first-order valence-corrected chi connectivity index (χ1v) is 10.5. The van der Waals surface area contributed by atoms with Crippen molar-refractivity contribution in [3.05, 3.63) is 66.0 Å². The highest BCUT2D eigenvalue weighted by Crippen LogP contribution is 2.24. The molecule has 6 nitrogen and oxygen atoms in total. The molecule has 2 aromatic carbocycles. The Morgan fingerprint density at radius 2 is 1.86 bits per heavy atom. The third-order valence-electron chi connectivity index (χ3n) is 4.87. The fraction of sp³-hybridized carbons (Fsp3) is 0.286. The highest BCUT2D eigenvalue weighted by molar-refractivity contribution is 7.98. The number of rotatable bonds is 6. The first-order valence-electron chi connectivity index (χ1n) is 9.52. The van der Waals surface area contributed by atoms with E-state index in [1.54, 1.807) is 0 Å². The van der Waals surface area contributed by atoms with E-state index in [0.29, 0.717) is 11.3 Å². The zero-order valence-electron chi connectivity index (χ0n) is 15.6. The average Bonchev–Trinajstić information content (AvgIpc) is 3.27. The Bertz CT molecular complexity index is 905. The van der Waals surface area contributed by atoms with Gasteiger partial charge in [-0.15, -0.1) is 0 Å². The van der Waals surface area contributed by atoms with Gasteiger partial charge in [0.1, 0.15) is 6.33 Å². The summed E-state index contributed by atoms with van der Waals surface area (Å²) in [5.41, 5.74) is 3.67. The normalized spacial score (nSPS) is 14.1. The second-order valence-corrected chi connectivity index (χ2v) is 7.75. The van der Waals surface area contributed by atoms with Crippen molar-refractivity contribution in [3.63, 3.8) is 0 Å². The third-order valence-corrected chi connectivity index (χ3v) is 5.79. The number of thioether (sulfide) groups is 1. The largest absolute Gasteiger partial charge is 0.372 e. The minimum atomic E-state index is -0.0977. The van der Waals surface area contributed by atoms with Crippen LogP contribution in [0, 0.1) is 0 Å². The predicted molar refractivity (Wildman–Crippen MR) is 113 cm³/mol. The molecular weight excluding hydrogens is 370 g/mol. The Hall–Kier alpha value is -2.80. The summed E-state index contributed by atoms with van der Waals surface area (Å²) in [6.07, 6.45) is 5.30. The Labute approximate surface area is 168 Å². The number of nitrogens with one attached hydrogen (secondary N) is 2. The molecule has 1 aromatic heterocycles. The van der Waals surface area contributed by atoms with Crippen molar-refractivity contribution < 1.29 is 4.79 Å². The van der Waals surface area contributed by atoms with E-state index in [2.05, 4.69) is 37.5 Å². The predicted octanol–water partition coefficient (Wildman–Crippen LogP) is 4.34. The number of amides is 1. The summed E-state index contributed by atoms with van der Waals surface area (Å²) in [6, 6.07) is 15.8. The monoisotopic (exact) mass is 393 g/mol. The lowest BCUT2D eigenvalue weighted by Crippen LogP contribution is -2.29. The van der Waals surface area contributed by atoms with Crippen molar-refractivity contribution in [2.45, 2.75) is 30.2 Å². The van der Waals surface area contributed by atoms with E-state index >= 15 is 0 Å². The van der Waals surface area contributed by atoms with E-state index in [4.69, 9.17) is 0 Å². The quantitative estimate of drug-likeness (QED) is 0.610. The van der Waals surface area contributed by atoms with Crippen molar-refractivity contribution in [1.29, 1.82) is 0 Å². The second kappa shape index (κ2) is 8.93. The number of aromatic nitrogens is 3. The van der Waals surface area contributed by atoms with Gasteiger partial charge in [-0.3, -0.25) is 9.89 Å². The van der Waals surface area contributed by atoms with Gasteiger partial charge in [0.05, 0.1) is 0 Å². The smallest absolute Gasteiger partial charge is 0.255 e. The van der Waals surface area contributed by atoms with Crippen LogP contribution in [0.4, 0.5) is 11.4 Å². The Balaban J connectivity index is 1.42. The van der Waals surface area contributed by atoms with Crippen molar-refractivity contribution in [3.8, 4) is 0 Å². The summed E-state index contributed by atoms with van der Waals surface area (Å²) in [4.78, 5) is 19.3. The lowest BCUT2D eigenvalue weighted by atomic mass is 10.1. The molecule has 0 spiro atoms. The van der Waals surface area contributed by atoms with Gasteiger partial charge < -0.3 is 10.2 Å². The van der Waals surface area contributed by atoms with Gasteiger partial charge in [0.15, 0.2) is 5.16 Å². The molecular formula is C21H23N5OS. The molecule has 0 atom stereocenters. The minimum absolute atomic E-state index is 0.0977. The van der Waals surface area contributed by atoms with Gasteiger partial charge in [-0.25, -0.2) is 4.98 Å². The van der Waals surface area contributed by atoms with Crippen LogP contribution in [0.15, 0.2) is 60.0 Å². The van der Waals surface area contributed by atoms with Crippen LogP contribution in [0.1, 0.15) is 35.2 Å². The van der Waals surface area contributed by atoms with E-state index in [1.807, 2.05) is 36.4 Å². The Morgan fingerprint density at radius 3 is 2.61 bits per heavy atom. The molecule has 4 rings (SSSR count). The topological polar surface area (TPSA) is 73.9 Å². The minimum Gasteiger partial charge on any atom is -0.372 e. The highest BCUT2D eigenvalue weighted by atomic mass is 32.2. The maximum Gasteiger partial charge on any atom is 0.255 e. The van der Waals surface area contributed by atoms with Gasteiger partial charge in [-0.05, 0) is 55.2 Å². The number of anilines is 2. The molecule has 1 amide bonds. The molecule has 2 heterocycles. The summed E-state index contributed by atoms with van der Waals surface area (Å²) in [5.74, 6) is 0.548. The molecule has 1 aliphatic rings. The van der Waals surface area contributed by atoms with Crippen LogP contribution in [0.2, 0.25) is 0 Å². The van der Waals surface area contributed by atoms with Gasteiger partial charge in [0, 0.05) is 35.8 Å². The van der Waals surface area contributed by atoms with Crippen LogP contribution in [0.5, 0.6) is 0 Å². The number of aromatic amines is 1. The first kappa shape index (κ1) is 18.6. The summed E-state index contributed by atoms with van der Waals surface area (Å²) >= 11 is 1.52. The molecule has 7 heteroatoms. The van der Waals surface area contributed by atoms with Gasteiger partial charge >= 0.3 is 0 Å². The highest BCUT2D eigenvalue weighted by Gasteiger charge is 2.13. The molecule has 2 N–H and O–H groups in total. The molecule has 1 fully saturated rings. The maximum atomic E-state index is 12.8. The number of H-pyrrole nitrogens is 1. The zero-order valence-corrected chi connectivity index (χ0v) is 16.4. The maximum absolute atomic E-state index is 12.8. The van der Waals surface area contributed by atoms with E-state index < -0.39 is 0 Å². The molecule has 0 saturated carbocycles. The van der Waals surface area contributed by atoms with Gasteiger partial charge in [-0.2, -0.15) is 5.10 Å². The van der Waals surface area contributed by atoms with Crippen LogP contribution in [0.3, 0.4) is 0 Å². The molecule has 0 radical (unpaired) electrons. The fourth-order valence-corrected chi connectivity index (χ4v) is 4.17. The van der Waals surface area contributed by atoms with E-state index in [1.165, 1.54) is 43.0 Å². The van der Waals surface area contributed by atoms with Crippen molar-refractivity contribution in [2.24, 2.45) is 0 Å². The molecule has 3 aromatic rings. The first-order chi connectivity index (χ1) is 13.8. The Kier molecular flexibility index (Phi) is 5.92. The van der Waals surface area contributed by atoms with Crippen LogP contribution in [0.25, 0.3) is 0 Å². The molecule has 0 unspecified atom stereocenters. The number of hydrogen-bond acceptors (Lipinski definition) is 5. The molecule has 1 aliphatic heterocycles. The standard InChI is InChI=1S/C21H23N5OS/c27-20(19-7-3-2-6-16(19)14-28-21-22-15-23-25-21)24-17-8-10-18(11-9-17)26-12-4-1-5-13-26/h2-3,6-11,15H,1,4-5,12-14H2,(H,24,27)(H,22,23,25). The van der Waals surface area contributed by atoms with Crippen molar-refractivity contribution >= 4 is 29.0 Å². The van der Waals surface area contributed by atoms with Gasteiger partial charge in [-0.1, -0.05) is 30.0 Å². The molecule has 144 valence electrons. The number of benzene rings is 2. The van der Waals surface area contributed by atoms with Gasteiger partial charge in [0.25, 0.3) is 5.91 Å². The zero-order chi connectivity index (χ0) is 19.2. The molecule has 28 heavy (non-hydrogen) atoms. The van der Waals surface area contributed by atoms with Gasteiger partial charge in [0.2, 0.25) is 0 Å². The number of carbonyl (C=O) groups is 1. The van der Waals surface area contributed by atoms with Crippen LogP contribution >= 0.6 is 11.8 Å². The summed E-state index contributed by atoms with van der Waals surface area (Å²) in [7, 11) is 0. The molecule has 0 aliphatic carbocycles. The van der Waals surface area contributed by atoms with E-state index in [9.17, 15) is 4.79 Å². The Morgan fingerprint density at radius 1 is 1.07 bits per heavy atom. The third kappa shape index (κ3) is 4.54. The van der Waals surface area contributed by atoms with E-state index in [-0.39, 0.29) is 5.91 Å². The van der Waals surface area contributed by atoms with Crippen LogP contribution in [-0.4, -0.2) is 34.2 Å². The number of carbonyl (C=O) groups excluding carboxylic acids is 1. The molecule has 0 bridgehead atoms.